The molecule has 3 aromatic rings. The van der Waals surface area contributed by atoms with E-state index in [1.54, 1.807) is 31.2 Å². The van der Waals surface area contributed by atoms with E-state index in [2.05, 4.69) is 10.1 Å². The zero-order valence-electron chi connectivity index (χ0n) is 17.8. The first-order valence-electron chi connectivity index (χ1n) is 10.4. The average Bonchev–Trinajstić information content (AvgIpc) is 3.25. The van der Waals surface area contributed by atoms with Gasteiger partial charge in [-0.1, -0.05) is 18.2 Å². The Morgan fingerprint density at radius 3 is 2.94 bits per heavy atom. The van der Waals surface area contributed by atoms with Gasteiger partial charge in [-0.15, -0.1) is 0 Å². The van der Waals surface area contributed by atoms with Gasteiger partial charge in [0.2, 0.25) is 5.91 Å². The van der Waals surface area contributed by atoms with Crippen LogP contribution in [0.15, 0.2) is 51.8 Å². The van der Waals surface area contributed by atoms with Crippen molar-refractivity contribution < 1.29 is 13.9 Å². The smallest absolute Gasteiger partial charge is 0.267 e. The molecule has 1 aliphatic heterocycles. The first-order valence-corrected chi connectivity index (χ1v) is 10.4. The fraction of sp³-hybridized carbons (Fsp3) is 0.391. The molecule has 1 aromatic carbocycles. The maximum Gasteiger partial charge on any atom is 0.267 e. The lowest BCUT2D eigenvalue weighted by atomic mass is 9.98. The molecule has 1 atom stereocenters. The fourth-order valence-electron chi connectivity index (χ4n) is 3.93. The molecule has 1 fully saturated rings. The maximum atomic E-state index is 12.8. The summed E-state index contributed by atoms with van der Waals surface area (Å²) in [5, 5.41) is 4.16. The van der Waals surface area contributed by atoms with E-state index in [4.69, 9.17) is 9.15 Å². The number of oxazole rings is 1. The van der Waals surface area contributed by atoms with Crippen LogP contribution in [-0.2, 0) is 17.8 Å². The second-order valence-electron chi connectivity index (χ2n) is 7.80. The van der Waals surface area contributed by atoms with Crippen molar-refractivity contribution in [3.05, 3.63) is 75.9 Å². The molecule has 1 aliphatic rings. The fourth-order valence-corrected chi connectivity index (χ4v) is 3.93. The molecule has 0 N–H and O–H groups in total. The standard InChI is InChI=1S/C23H26N4O4/c1-16-9-10-21(28)27(25-16)15-22(29)26-11-5-7-18(14-26)23-24-13-19(31-23)12-17-6-3-4-8-20(17)30-2/h3-4,6,8-10,13,18H,5,7,11-12,14-15H2,1-2H3/t18-/m0/s1. The second kappa shape index (κ2) is 9.16. The Bertz CT molecular complexity index is 1120. The summed E-state index contributed by atoms with van der Waals surface area (Å²) in [7, 11) is 1.65. The average molecular weight is 422 g/mol. The lowest BCUT2D eigenvalue weighted by Crippen LogP contribution is -2.42. The van der Waals surface area contributed by atoms with Crippen molar-refractivity contribution in [2.24, 2.45) is 0 Å². The van der Waals surface area contributed by atoms with Crippen LogP contribution in [0.2, 0.25) is 0 Å². The molecule has 1 saturated heterocycles. The summed E-state index contributed by atoms with van der Waals surface area (Å²) >= 11 is 0. The molecule has 0 spiro atoms. The number of carbonyl (C=O) groups excluding carboxylic acids is 1. The van der Waals surface area contributed by atoms with E-state index < -0.39 is 0 Å². The van der Waals surface area contributed by atoms with Gasteiger partial charge in [0.15, 0.2) is 5.89 Å². The first-order chi connectivity index (χ1) is 15.0. The second-order valence-corrected chi connectivity index (χ2v) is 7.80. The molecule has 3 heterocycles. The number of para-hydroxylation sites is 1. The Hall–Kier alpha value is -3.42. The van der Waals surface area contributed by atoms with Crippen molar-refractivity contribution in [1.29, 1.82) is 0 Å². The molecule has 8 nitrogen and oxygen atoms in total. The number of carbonyl (C=O) groups is 1. The predicted octanol–water partition coefficient (Wildman–Crippen LogP) is 2.55. The first kappa shape index (κ1) is 20.8. The number of rotatable bonds is 6. The molecule has 2 aromatic heterocycles. The number of likely N-dealkylation sites (tertiary alicyclic amines) is 1. The van der Waals surface area contributed by atoms with Crippen LogP contribution in [0.5, 0.6) is 5.75 Å². The number of hydrogen-bond donors (Lipinski definition) is 0. The van der Waals surface area contributed by atoms with Gasteiger partial charge in [-0.3, -0.25) is 9.59 Å². The van der Waals surface area contributed by atoms with Crippen molar-refractivity contribution in [2.45, 2.75) is 38.6 Å². The normalized spacial score (nSPS) is 16.3. The zero-order chi connectivity index (χ0) is 21.8. The van der Waals surface area contributed by atoms with Crippen molar-refractivity contribution in [1.82, 2.24) is 19.7 Å². The summed E-state index contributed by atoms with van der Waals surface area (Å²) in [5.74, 6) is 2.14. The number of nitrogens with zero attached hydrogens (tertiary/aromatic N) is 4. The highest BCUT2D eigenvalue weighted by Gasteiger charge is 2.28. The number of methoxy groups -OCH3 is 1. The third-order valence-electron chi connectivity index (χ3n) is 5.54. The number of amides is 1. The lowest BCUT2D eigenvalue weighted by molar-refractivity contribution is -0.133. The summed E-state index contributed by atoms with van der Waals surface area (Å²) in [6, 6.07) is 10.9. The third-order valence-corrected chi connectivity index (χ3v) is 5.54. The van der Waals surface area contributed by atoms with Crippen molar-refractivity contribution >= 4 is 5.91 Å². The van der Waals surface area contributed by atoms with Crippen LogP contribution in [0.3, 0.4) is 0 Å². The summed E-state index contributed by atoms with van der Waals surface area (Å²) in [4.78, 5) is 31.0. The Kier molecular flexibility index (Phi) is 6.16. The van der Waals surface area contributed by atoms with Crippen LogP contribution >= 0.6 is 0 Å². The van der Waals surface area contributed by atoms with E-state index in [1.165, 1.54) is 10.7 Å². The SMILES string of the molecule is COc1ccccc1Cc1cnc([C@H]2CCCN(C(=O)Cn3nc(C)ccc3=O)C2)o1. The topological polar surface area (TPSA) is 90.5 Å². The molecule has 1 amide bonds. The van der Waals surface area contributed by atoms with Gasteiger partial charge in [-0.05, 0) is 31.9 Å². The monoisotopic (exact) mass is 422 g/mol. The Labute approximate surface area is 180 Å². The molecule has 162 valence electrons. The Morgan fingerprint density at radius 1 is 1.26 bits per heavy atom. The Balaban J connectivity index is 1.42. The van der Waals surface area contributed by atoms with Gasteiger partial charge in [0, 0.05) is 31.1 Å². The van der Waals surface area contributed by atoms with Crippen LogP contribution < -0.4 is 10.3 Å². The lowest BCUT2D eigenvalue weighted by Gasteiger charge is -2.31. The summed E-state index contributed by atoms with van der Waals surface area (Å²) in [6.07, 6.45) is 4.10. The quantitative estimate of drug-likeness (QED) is 0.606. The minimum Gasteiger partial charge on any atom is -0.496 e. The van der Waals surface area contributed by atoms with Crippen LogP contribution in [-0.4, -0.2) is 45.8 Å². The number of aromatic nitrogens is 3. The van der Waals surface area contributed by atoms with E-state index in [1.807, 2.05) is 24.3 Å². The molecule has 0 unspecified atom stereocenters. The minimum atomic E-state index is -0.277. The number of benzene rings is 1. The van der Waals surface area contributed by atoms with Crippen LogP contribution in [0.1, 0.15) is 41.7 Å². The highest BCUT2D eigenvalue weighted by atomic mass is 16.5. The van der Waals surface area contributed by atoms with Crippen LogP contribution in [0, 0.1) is 6.92 Å². The van der Waals surface area contributed by atoms with Gasteiger partial charge in [0.1, 0.15) is 18.1 Å². The van der Waals surface area contributed by atoms with Crippen molar-refractivity contribution in [2.75, 3.05) is 20.2 Å². The van der Waals surface area contributed by atoms with E-state index >= 15 is 0 Å². The maximum absolute atomic E-state index is 12.8. The highest BCUT2D eigenvalue weighted by Crippen LogP contribution is 2.28. The van der Waals surface area contributed by atoms with E-state index in [0.717, 1.165) is 29.9 Å². The predicted molar refractivity (Wildman–Crippen MR) is 114 cm³/mol. The van der Waals surface area contributed by atoms with Gasteiger partial charge in [0.25, 0.3) is 5.56 Å². The molecule has 4 rings (SSSR count). The molecular weight excluding hydrogens is 396 g/mol. The van der Waals surface area contributed by atoms with Gasteiger partial charge >= 0.3 is 0 Å². The summed E-state index contributed by atoms with van der Waals surface area (Å²) < 4.78 is 12.7. The Morgan fingerprint density at radius 2 is 2.10 bits per heavy atom. The minimum absolute atomic E-state index is 0.0336. The molecule has 8 heteroatoms. The molecule has 0 saturated carbocycles. The van der Waals surface area contributed by atoms with E-state index in [9.17, 15) is 9.59 Å². The number of aryl methyl sites for hydroxylation is 1. The molecule has 0 bridgehead atoms. The number of hydrogen-bond acceptors (Lipinski definition) is 6. The van der Waals surface area contributed by atoms with Crippen molar-refractivity contribution in [3.8, 4) is 5.75 Å². The summed E-state index contributed by atoms with van der Waals surface area (Å²) in [5.41, 5.74) is 1.46. The highest BCUT2D eigenvalue weighted by molar-refractivity contribution is 5.76. The van der Waals surface area contributed by atoms with E-state index in [-0.39, 0.29) is 23.9 Å². The van der Waals surface area contributed by atoms with Crippen LogP contribution in [0.4, 0.5) is 0 Å². The van der Waals surface area contributed by atoms with Gasteiger partial charge in [-0.2, -0.15) is 5.10 Å². The molecule has 31 heavy (non-hydrogen) atoms. The van der Waals surface area contributed by atoms with Crippen LogP contribution in [0.25, 0.3) is 0 Å². The third kappa shape index (κ3) is 4.84. The van der Waals surface area contributed by atoms with Gasteiger partial charge in [-0.25, -0.2) is 9.67 Å². The molecule has 0 radical (unpaired) electrons. The largest absolute Gasteiger partial charge is 0.496 e. The van der Waals surface area contributed by atoms with E-state index in [0.29, 0.717) is 31.1 Å². The van der Waals surface area contributed by atoms with Gasteiger partial charge in [0.05, 0.1) is 24.9 Å². The molecular formula is C23H26N4O4. The van der Waals surface area contributed by atoms with Gasteiger partial charge < -0.3 is 14.1 Å². The number of piperidine rings is 1. The summed E-state index contributed by atoms with van der Waals surface area (Å²) in [6.45, 7) is 2.92. The van der Waals surface area contributed by atoms with Crippen molar-refractivity contribution in [3.63, 3.8) is 0 Å². The zero-order valence-corrected chi connectivity index (χ0v) is 17.8. The molecule has 0 aliphatic carbocycles. The number of ether oxygens (including phenoxy) is 1.